The molecule has 0 saturated carbocycles. The highest BCUT2D eigenvalue weighted by atomic mass is 16.4. The van der Waals surface area contributed by atoms with Gasteiger partial charge in [-0.05, 0) is 17.9 Å². The second kappa shape index (κ2) is 11.7. The quantitative estimate of drug-likeness (QED) is 0.339. The molecule has 0 aliphatic rings. The van der Waals surface area contributed by atoms with Crippen LogP contribution in [0.5, 0.6) is 0 Å². The molecule has 2 atom stereocenters. The van der Waals surface area contributed by atoms with Crippen molar-refractivity contribution in [1.82, 2.24) is 16.0 Å². The maximum atomic E-state index is 12.3. The number of carboxylic acids is 1. The lowest BCUT2D eigenvalue weighted by Crippen LogP contribution is -2.52. The van der Waals surface area contributed by atoms with Gasteiger partial charge in [-0.3, -0.25) is 14.4 Å². The van der Waals surface area contributed by atoms with Gasteiger partial charge >= 0.3 is 5.97 Å². The van der Waals surface area contributed by atoms with E-state index >= 15 is 0 Å². The van der Waals surface area contributed by atoms with Crippen molar-refractivity contribution in [3.63, 3.8) is 0 Å². The van der Waals surface area contributed by atoms with Crippen molar-refractivity contribution >= 4 is 23.7 Å². The Morgan fingerprint density at radius 3 is 2.14 bits per heavy atom. The number of amides is 3. The van der Waals surface area contributed by atoms with E-state index in [2.05, 4.69) is 16.0 Å². The molecule has 1 rings (SSSR count). The summed E-state index contributed by atoms with van der Waals surface area (Å²) >= 11 is 0. The number of nitrogens with one attached hydrogen (secondary N) is 3. The van der Waals surface area contributed by atoms with Gasteiger partial charge in [0.15, 0.2) is 0 Å². The molecule has 0 aromatic heterocycles. The highest BCUT2D eigenvalue weighted by Crippen LogP contribution is 2.05. The first-order valence-corrected chi connectivity index (χ1v) is 9.06. The molecule has 0 fully saturated rings. The molecule has 9 heteroatoms. The first-order chi connectivity index (χ1) is 13.2. The highest BCUT2D eigenvalue weighted by Gasteiger charge is 2.24. The summed E-state index contributed by atoms with van der Waals surface area (Å²) in [5.74, 6) is -2.67. The number of hydrogen-bond acceptors (Lipinski definition) is 5. The zero-order valence-electron chi connectivity index (χ0n) is 16.1. The number of nitrogens with two attached hydrogens (primary N) is 1. The molecule has 0 spiro atoms. The minimum Gasteiger partial charge on any atom is -0.480 e. The van der Waals surface area contributed by atoms with Crippen LogP contribution in [0.2, 0.25) is 0 Å². The predicted molar refractivity (Wildman–Crippen MR) is 103 cm³/mol. The fraction of sp³-hybridized carbons (Fsp3) is 0.474. The summed E-state index contributed by atoms with van der Waals surface area (Å²) in [6, 6.07) is 6.96. The normalized spacial score (nSPS) is 12.7. The molecule has 0 radical (unpaired) electrons. The van der Waals surface area contributed by atoms with Gasteiger partial charge in [-0.2, -0.15) is 0 Å². The van der Waals surface area contributed by atoms with Crippen LogP contribution in [0.25, 0.3) is 0 Å². The van der Waals surface area contributed by atoms with Gasteiger partial charge in [-0.1, -0.05) is 44.2 Å². The Labute approximate surface area is 164 Å². The van der Waals surface area contributed by atoms with E-state index in [0.717, 1.165) is 5.56 Å². The number of aliphatic carboxylic acids is 1. The SMILES string of the molecule is CC(C)C[C@H](NC(=O)CN)C(=O)NCC(=O)N[C@@H](Cc1ccccc1)C(=O)O. The van der Waals surface area contributed by atoms with Crippen LogP contribution in [0.1, 0.15) is 25.8 Å². The van der Waals surface area contributed by atoms with Crippen molar-refractivity contribution in [2.45, 2.75) is 38.8 Å². The maximum absolute atomic E-state index is 12.3. The van der Waals surface area contributed by atoms with Gasteiger partial charge in [-0.15, -0.1) is 0 Å². The molecule has 1 aromatic carbocycles. The van der Waals surface area contributed by atoms with E-state index < -0.39 is 42.3 Å². The van der Waals surface area contributed by atoms with Crippen LogP contribution in [-0.4, -0.2) is 54.0 Å². The Balaban J connectivity index is 2.60. The molecule has 0 bridgehead atoms. The number of rotatable bonds is 11. The fourth-order valence-electron chi connectivity index (χ4n) is 2.54. The van der Waals surface area contributed by atoms with Gasteiger partial charge in [0, 0.05) is 6.42 Å². The maximum Gasteiger partial charge on any atom is 0.326 e. The highest BCUT2D eigenvalue weighted by molar-refractivity contribution is 5.91. The third-order valence-corrected chi connectivity index (χ3v) is 3.88. The zero-order valence-corrected chi connectivity index (χ0v) is 16.1. The molecule has 28 heavy (non-hydrogen) atoms. The Kier molecular flexibility index (Phi) is 9.66. The summed E-state index contributed by atoms with van der Waals surface area (Å²) in [5, 5.41) is 16.6. The largest absolute Gasteiger partial charge is 0.480 e. The van der Waals surface area contributed by atoms with Crippen LogP contribution in [-0.2, 0) is 25.6 Å². The standard InChI is InChI=1S/C19H28N4O5/c1-12(2)8-14(22-16(24)10-20)18(26)21-11-17(25)23-15(19(27)28)9-13-6-4-3-5-7-13/h3-7,12,14-15H,8-11,20H2,1-2H3,(H,21,26)(H,22,24)(H,23,25)(H,27,28)/t14-,15-/m0/s1. The molecule has 0 aliphatic heterocycles. The van der Waals surface area contributed by atoms with Crippen LogP contribution in [0.4, 0.5) is 0 Å². The number of carbonyl (C=O) groups excluding carboxylic acids is 3. The van der Waals surface area contributed by atoms with E-state index in [1.165, 1.54) is 0 Å². The van der Waals surface area contributed by atoms with Crippen LogP contribution in [0, 0.1) is 5.92 Å². The lowest BCUT2D eigenvalue weighted by molar-refractivity contribution is -0.141. The average Bonchev–Trinajstić information content (AvgIpc) is 2.65. The Bertz CT molecular complexity index is 678. The molecule has 0 aliphatic carbocycles. The van der Waals surface area contributed by atoms with Gasteiger partial charge in [0.1, 0.15) is 12.1 Å². The Hall–Kier alpha value is -2.94. The van der Waals surface area contributed by atoms with E-state index in [1.54, 1.807) is 24.3 Å². The van der Waals surface area contributed by atoms with Crippen molar-refractivity contribution in [2.75, 3.05) is 13.1 Å². The van der Waals surface area contributed by atoms with E-state index in [9.17, 15) is 24.3 Å². The summed E-state index contributed by atoms with van der Waals surface area (Å²) < 4.78 is 0. The minimum atomic E-state index is -1.17. The van der Waals surface area contributed by atoms with Crippen molar-refractivity contribution in [3.05, 3.63) is 35.9 Å². The summed E-state index contributed by atoms with van der Waals surface area (Å²) in [7, 11) is 0. The van der Waals surface area contributed by atoms with E-state index in [-0.39, 0.29) is 18.9 Å². The molecule has 0 unspecified atom stereocenters. The molecule has 9 nitrogen and oxygen atoms in total. The summed E-state index contributed by atoms with van der Waals surface area (Å²) in [6.07, 6.45) is 0.503. The predicted octanol–water partition coefficient (Wildman–Crippen LogP) is -0.596. The van der Waals surface area contributed by atoms with Crippen LogP contribution in [0.3, 0.4) is 0 Å². The number of hydrogen-bond donors (Lipinski definition) is 5. The van der Waals surface area contributed by atoms with E-state index in [1.807, 2.05) is 19.9 Å². The topological polar surface area (TPSA) is 151 Å². The summed E-state index contributed by atoms with van der Waals surface area (Å²) in [5.41, 5.74) is 6.02. The molecular weight excluding hydrogens is 364 g/mol. The number of carboxylic acid groups (broad SMARTS) is 1. The molecule has 0 saturated heterocycles. The van der Waals surface area contributed by atoms with Crippen molar-refractivity contribution in [2.24, 2.45) is 11.7 Å². The van der Waals surface area contributed by atoms with Crippen LogP contribution < -0.4 is 21.7 Å². The third-order valence-electron chi connectivity index (χ3n) is 3.88. The lowest BCUT2D eigenvalue weighted by atomic mass is 10.0. The summed E-state index contributed by atoms with van der Waals surface area (Å²) in [4.78, 5) is 47.2. The molecule has 0 heterocycles. The molecule has 154 valence electrons. The number of benzene rings is 1. The Morgan fingerprint density at radius 1 is 1.00 bits per heavy atom. The second-order valence-electron chi connectivity index (χ2n) is 6.82. The van der Waals surface area contributed by atoms with Crippen molar-refractivity contribution in [3.8, 4) is 0 Å². The van der Waals surface area contributed by atoms with Crippen molar-refractivity contribution in [1.29, 1.82) is 0 Å². The zero-order chi connectivity index (χ0) is 21.1. The van der Waals surface area contributed by atoms with Crippen LogP contribution in [0.15, 0.2) is 30.3 Å². The second-order valence-corrected chi connectivity index (χ2v) is 6.82. The Morgan fingerprint density at radius 2 is 1.61 bits per heavy atom. The third kappa shape index (κ3) is 8.63. The number of carbonyl (C=O) groups is 4. The van der Waals surface area contributed by atoms with Crippen LogP contribution >= 0.6 is 0 Å². The lowest BCUT2D eigenvalue weighted by Gasteiger charge is -2.20. The molecule has 6 N–H and O–H groups in total. The first kappa shape index (κ1) is 23.1. The smallest absolute Gasteiger partial charge is 0.326 e. The van der Waals surface area contributed by atoms with Crippen molar-refractivity contribution < 1.29 is 24.3 Å². The molecular formula is C19H28N4O5. The van der Waals surface area contributed by atoms with Gasteiger partial charge < -0.3 is 26.8 Å². The van der Waals surface area contributed by atoms with Gasteiger partial charge in [0.2, 0.25) is 17.7 Å². The monoisotopic (exact) mass is 392 g/mol. The van der Waals surface area contributed by atoms with Gasteiger partial charge in [-0.25, -0.2) is 4.79 Å². The van der Waals surface area contributed by atoms with E-state index in [0.29, 0.717) is 6.42 Å². The summed E-state index contributed by atoms with van der Waals surface area (Å²) in [6.45, 7) is 3.14. The molecule has 1 aromatic rings. The first-order valence-electron chi connectivity index (χ1n) is 9.06. The molecule has 3 amide bonds. The minimum absolute atomic E-state index is 0.123. The van der Waals surface area contributed by atoms with Gasteiger partial charge in [0.25, 0.3) is 0 Å². The van der Waals surface area contributed by atoms with Gasteiger partial charge in [0.05, 0.1) is 13.1 Å². The fourth-order valence-corrected chi connectivity index (χ4v) is 2.54. The van der Waals surface area contributed by atoms with E-state index in [4.69, 9.17) is 5.73 Å². The average molecular weight is 392 g/mol.